The Morgan fingerprint density at radius 1 is 0.963 bits per heavy atom. The normalized spacial score (nSPS) is 26.1. The average molecular weight is 400 g/mol. The van der Waals surface area contributed by atoms with Gasteiger partial charge < -0.3 is 9.80 Å². The van der Waals surface area contributed by atoms with Crippen LogP contribution in [0.25, 0.3) is 0 Å². The van der Waals surface area contributed by atoms with Gasteiger partial charge in [0.05, 0.1) is 5.75 Å². The van der Waals surface area contributed by atoms with Gasteiger partial charge in [0.25, 0.3) is 0 Å². The third kappa shape index (κ3) is 3.30. The highest BCUT2D eigenvalue weighted by molar-refractivity contribution is 7.91. The molecule has 27 heavy (non-hydrogen) atoms. The first-order valence-electron chi connectivity index (χ1n) is 10.0. The van der Waals surface area contributed by atoms with E-state index in [0.717, 1.165) is 51.4 Å². The lowest BCUT2D eigenvalue weighted by atomic mass is 9.94. The standard InChI is InChI=1S/C19H27F2N3O2S/c1-13-7-5-6-10-23(13)19-15(20)17-16(18(21)22-19)24(11-12-27(17,25)26)14-8-3-2-4-9-14/h13-14H,2-12H2,1H3. The zero-order valence-electron chi connectivity index (χ0n) is 15.8. The van der Waals surface area contributed by atoms with Crippen molar-refractivity contribution < 1.29 is 17.2 Å². The van der Waals surface area contributed by atoms with E-state index in [0.29, 0.717) is 6.54 Å². The summed E-state index contributed by atoms with van der Waals surface area (Å²) in [7, 11) is -3.87. The highest BCUT2D eigenvalue weighted by atomic mass is 32.2. The fourth-order valence-corrected chi connectivity index (χ4v) is 6.32. The van der Waals surface area contributed by atoms with Gasteiger partial charge in [-0.25, -0.2) is 12.8 Å². The summed E-state index contributed by atoms with van der Waals surface area (Å²) in [5, 5.41) is 0. The van der Waals surface area contributed by atoms with Crippen LogP contribution in [0.3, 0.4) is 0 Å². The zero-order chi connectivity index (χ0) is 19.2. The molecule has 0 bridgehead atoms. The number of piperidine rings is 1. The molecule has 1 saturated heterocycles. The molecule has 5 nitrogen and oxygen atoms in total. The number of pyridine rings is 1. The highest BCUT2D eigenvalue weighted by Gasteiger charge is 2.40. The van der Waals surface area contributed by atoms with E-state index in [4.69, 9.17) is 0 Å². The van der Waals surface area contributed by atoms with E-state index in [2.05, 4.69) is 4.98 Å². The molecule has 0 aromatic carbocycles. The van der Waals surface area contributed by atoms with Crippen LogP contribution in [0.1, 0.15) is 58.3 Å². The van der Waals surface area contributed by atoms with Gasteiger partial charge in [-0.1, -0.05) is 19.3 Å². The second-order valence-corrected chi connectivity index (χ2v) is 10.1. The van der Waals surface area contributed by atoms with E-state index in [1.54, 1.807) is 9.80 Å². The Kier molecular flexibility index (Phi) is 5.03. The summed E-state index contributed by atoms with van der Waals surface area (Å²) in [6.07, 6.45) is 7.72. The van der Waals surface area contributed by atoms with E-state index >= 15 is 8.78 Å². The minimum absolute atomic E-state index is 0.0129. The van der Waals surface area contributed by atoms with Crippen LogP contribution < -0.4 is 9.80 Å². The molecule has 1 aliphatic carbocycles. The molecule has 1 unspecified atom stereocenters. The first-order valence-corrected chi connectivity index (χ1v) is 11.7. The summed E-state index contributed by atoms with van der Waals surface area (Å²) < 4.78 is 56.0. The minimum Gasteiger partial charge on any atom is -0.363 e. The Bertz CT molecular complexity index is 825. The molecule has 1 aromatic heterocycles. The molecule has 8 heteroatoms. The fraction of sp³-hybridized carbons (Fsp3) is 0.737. The third-order valence-electron chi connectivity index (χ3n) is 6.30. The number of anilines is 2. The Hall–Kier alpha value is -1.44. The number of hydrogen-bond acceptors (Lipinski definition) is 5. The molecule has 2 fully saturated rings. The number of aromatic nitrogens is 1. The van der Waals surface area contributed by atoms with Crippen LogP contribution in [-0.2, 0) is 9.84 Å². The van der Waals surface area contributed by atoms with E-state index in [1.807, 2.05) is 6.92 Å². The van der Waals surface area contributed by atoms with Gasteiger partial charge in [-0.2, -0.15) is 9.37 Å². The van der Waals surface area contributed by atoms with Crippen LogP contribution in [0.5, 0.6) is 0 Å². The van der Waals surface area contributed by atoms with Gasteiger partial charge in [-0.15, -0.1) is 0 Å². The lowest BCUT2D eigenvalue weighted by Crippen LogP contribution is -2.45. The van der Waals surface area contributed by atoms with Gasteiger partial charge in [0, 0.05) is 25.2 Å². The molecular weight excluding hydrogens is 372 g/mol. The van der Waals surface area contributed by atoms with Gasteiger partial charge >= 0.3 is 0 Å². The third-order valence-corrected chi connectivity index (χ3v) is 8.01. The van der Waals surface area contributed by atoms with Gasteiger partial charge in [0.2, 0.25) is 5.95 Å². The molecule has 3 aliphatic rings. The number of hydrogen-bond donors (Lipinski definition) is 0. The van der Waals surface area contributed by atoms with Crippen molar-refractivity contribution >= 4 is 21.3 Å². The van der Waals surface area contributed by atoms with Crippen molar-refractivity contribution in [3.63, 3.8) is 0 Å². The van der Waals surface area contributed by atoms with Crippen molar-refractivity contribution in [2.24, 2.45) is 0 Å². The summed E-state index contributed by atoms with van der Waals surface area (Å²) in [6, 6.07) is 0.0717. The molecule has 0 radical (unpaired) electrons. The first kappa shape index (κ1) is 18.9. The summed E-state index contributed by atoms with van der Waals surface area (Å²) in [5.74, 6) is -2.05. The van der Waals surface area contributed by atoms with Crippen molar-refractivity contribution in [2.75, 3.05) is 28.6 Å². The molecule has 1 aromatic rings. The van der Waals surface area contributed by atoms with Crippen molar-refractivity contribution in [1.29, 1.82) is 0 Å². The Morgan fingerprint density at radius 2 is 1.67 bits per heavy atom. The molecule has 2 aliphatic heterocycles. The van der Waals surface area contributed by atoms with Gasteiger partial charge in [0.1, 0.15) is 10.6 Å². The van der Waals surface area contributed by atoms with Crippen molar-refractivity contribution in [3.05, 3.63) is 11.8 Å². The molecule has 4 rings (SSSR count). The second-order valence-electron chi connectivity index (χ2n) is 8.06. The van der Waals surface area contributed by atoms with Crippen LogP contribution >= 0.6 is 0 Å². The maximum atomic E-state index is 15.5. The monoisotopic (exact) mass is 399 g/mol. The number of nitrogens with zero attached hydrogens (tertiary/aromatic N) is 3. The Balaban J connectivity index is 1.83. The highest BCUT2D eigenvalue weighted by Crippen LogP contribution is 2.41. The summed E-state index contributed by atoms with van der Waals surface area (Å²) in [4.78, 5) is 6.96. The van der Waals surface area contributed by atoms with E-state index < -0.39 is 26.5 Å². The lowest BCUT2D eigenvalue weighted by Gasteiger charge is -2.40. The Morgan fingerprint density at radius 3 is 2.37 bits per heavy atom. The van der Waals surface area contributed by atoms with Gasteiger partial charge in [-0.05, 0) is 39.0 Å². The largest absolute Gasteiger partial charge is 0.363 e. The van der Waals surface area contributed by atoms with E-state index in [-0.39, 0.29) is 35.9 Å². The van der Waals surface area contributed by atoms with E-state index in [9.17, 15) is 8.42 Å². The molecule has 0 spiro atoms. The second kappa shape index (κ2) is 7.18. The van der Waals surface area contributed by atoms with E-state index in [1.165, 1.54) is 0 Å². The Labute approximate surface area is 159 Å². The molecule has 1 atom stereocenters. The SMILES string of the molecule is CC1CCCCN1c1nc(F)c2c(c1F)S(=O)(=O)CCN2C1CCCCC1. The van der Waals surface area contributed by atoms with Crippen molar-refractivity contribution in [3.8, 4) is 0 Å². The molecule has 1 saturated carbocycles. The maximum Gasteiger partial charge on any atom is 0.239 e. The molecule has 0 N–H and O–H groups in total. The smallest absolute Gasteiger partial charge is 0.239 e. The predicted octanol–water partition coefficient (Wildman–Crippen LogP) is 3.67. The number of rotatable bonds is 2. The summed E-state index contributed by atoms with van der Waals surface area (Å²) >= 11 is 0. The number of fused-ring (bicyclic) bond motifs is 1. The summed E-state index contributed by atoms with van der Waals surface area (Å²) in [5.41, 5.74) is -0.140. The van der Waals surface area contributed by atoms with Gasteiger partial charge in [0.15, 0.2) is 21.5 Å². The first-order chi connectivity index (χ1) is 12.9. The van der Waals surface area contributed by atoms with Crippen molar-refractivity contribution in [2.45, 2.75) is 75.3 Å². The quantitative estimate of drug-likeness (QED) is 0.711. The molecule has 0 amide bonds. The zero-order valence-corrected chi connectivity index (χ0v) is 16.6. The maximum absolute atomic E-state index is 15.5. The van der Waals surface area contributed by atoms with Crippen LogP contribution in [0.4, 0.5) is 20.3 Å². The summed E-state index contributed by atoms with van der Waals surface area (Å²) in [6.45, 7) is 2.72. The van der Waals surface area contributed by atoms with Crippen LogP contribution in [0.15, 0.2) is 4.90 Å². The molecule has 150 valence electrons. The minimum atomic E-state index is -3.87. The molecular formula is C19H27F2N3O2S. The molecule has 3 heterocycles. The number of sulfone groups is 1. The average Bonchev–Trinajstić information content (AvgIpc) is 2.65. The lowest BCUT2D eigenvalue weighted by molar-refractivity contribution is 0.404. The van der Waals surface area contributed by atoms with Gasteiger partial charge in [-0.3, -0.25) is 0 Å². The topological polar surface area (TPSA) is 53.5 Å². The number of halogens is 2. The van der Waals surface area contributed by atoms with Crippen molar-refractivity contribution in [1.82, 2.24) is 4.98 Å². The van der Waals surface area contributed by atoms with Crippen LogP contribution in [0, 0.1) is 11.8 Å². The van der Waals surface area contributed by atoms with Crippen LogP contribution in [-0.4, -0.2) is 44.3 Å². The van der Waals surface area contributed by atoms with Crippen LogP contribution in [0.2, 0.25) is 0 Å². The predicted molar refractivity (Wildman–Crippen MR) is 101 cm³/mol. The fourth-order valence-electron chi connectivity index (χ4n) is 4.82.